The molecule has 82 valence electrons. The number of nitrogens with one attached hydrogen (secondary N) is 1. The van der Waals surface area contributed by atoms with Gasteiger partial charge < -0.3 is 4.90 Å². The van der Waals surface area contributed by atoms with E-state index in [1.54, 1.807) is 0 Å². The molecule has 1 aromatic rings. The van der Waals surface area contributed by atoms with Crippen molar-refractivity contribution in [3.8, 4) is 0 Å². The number of hydrogen-bond donors (Lipinski definition) is 2. The highest BCUT2D eigenvalue weighted by atomic mass is 15.2. The topological polar surface area (TPSA) is 41.3 Å². The van der Waals surface area contributed by atoms with Crippen LogP contribution in [0, 0.1) is 0 Å². The first kappa shape index (κ1) is 11.8. The second-order valence-corrected chi connectivity index (χ2v) is 3.73. The van der Waals surface area contributed by atoms with E-state index in [4.69, 9.17) is 5.84 Å². The number of nitrogens with zero attached hydrogens (tertiary/aromatic N) is 1. The Balaban J connectivity index is 2.92. The highest BCUT2D eigenvalue weighted by Gasteiger charge is 2.08. The Hall–Kier alpha value is -1.32. The van der Waals surface area contributed by atoms with E-state index >= 15 is 0 Å². The molecular weight excluding hydrogens is 186 g/mol. The quantitative estimate of drug-likeness (QED) is 0.438. The standard InChI is InChI=1S/C12H19N3/c1-4-6-12(14-13)10-7-5-8-11(9-10)15(2)3/h4-5,7-9,12,14H,1,6,13H2,2-3H3. The molecule has 0 aliphatic heterocycles. The van der Waals surface area contributed by atoms with Crippen LogP contribution in [0.15, 0.2) is 36.9 Å². The van der Waals surface area contributed by atoms with Crippen LogP contribution in [0.2, 0.25) is 0 Å². The highest BCUT2D eigenvalue weighted by Crippen LogP contribution is 2.21. The van der Waals surface area contributed by atoms with E-state index in [9.17, 15) is 0 Å². The average molecular weight is 205 g/mol. The molecule has 1 unspecified atom stereocenters. The Morgan fingerprint density at radius 3 is 2.80 bits per heavy atom. The molecule has 1 atom stereocenters. The van der Waals surface area contributed by atoms with E-state index in [2.05, 4.69) is 35.1 Å². The Bertz CT molecular complexity index is 320. The van der Waals surface area contributed by atoms with E-state index in [1.807, 2.05) is 26.2 Å². The number of nitrogens with two attached hydrogens (primary N) is 1. The summed E-state index contributed by atoms with van der Waals surface area (Å²) in [7, 11) is 4.05. The van der Waals surface area contributed by atoms with Gasteiger partial charge >= 0.3 is 0 Å². The lowest BCUT2D eigenvalue weighted by atomic mass is 10.0. The fourth-order valence-corrected chi connectivity index (χ4v) is 1.49. The second kappa shape index (κ2) is 5.53. The smallest absolute Gasteiger partial charge is 0.0495 e. The SMILES string of the molecule is C=CCC(NN)c1cccc(N(C)C)c1. The Morgan fingerprint density at radius 2 is 2.27 bits per heavy atom. The minimum atomic E-state index is 0.141. The molecule has 0 saturated heterocycles. The van der Waals surface area contributed by atoms with Crippen LogP contribution in [0.1, 0.15) is 18.0 Å². The lowest BCUT2D eigenvalue weighted by Crippen LogP contribution is -2.27. The Morgan fingerprint density at radius 1 is 1.53 bits per heavy atom. The van der Waals surface area contributed by atoms with Gasteiger partial charge in [-0.2, -0.15) is 0 Å². The average Bonchev–Trinajstić information content (AvgIpc) is 2.26. The van der Waals surface area contributed by atoms with E-state index in [0.717, 1.165) is 6.42 Å². The first-order valence-corrected chi connectivity index (χ1v) is 5.03. The summed E-state index contributed by atoms with van der Waals surface area (Å²) in [5.41, 5.74) is 5.16. The number of benzene rings is 1. The summed E-state index contributed by atoms with van der Waals surface area (Å²) in [6.45, 7) is 3.73. The molecule has 0 saturated carbocycles. The predicted molar refractivity (Wildman–Crippen MR) is 65.6 cm³/mol. The Labute approximate surface area is 91.6 Å². The maximum atomic E-state index is 5.51. The predicted octanol–water partition coefficient (Wildman–Crippen LogP) is 1.83. The van der Waals surface area contributed by atoms with Crippen LogP contribution in [0.3, 0.4) is 0 Å². The van der Waals surface area contributed by atoms with Crippen LogP contribution in [-0.2, 0) is 0 Å². The van der Waals surface area contributed by atoms with Crippen LogP contribution in [0.4, 0.5) is 5.69 Å². The van der Waals surface area contributed by atoms with Crippen molar-refractivity contribution in [2.75, 3.05) is 19.0 Å². The molecule has 3 N–H and O–H groups in total. The summed E-state index contributed by atoms with van der Waals surface area (Å²) in [6, 6.07) is 8.46. The van der Waals surface area contributed by atoms with Crippen molar-refractivity contribution in [3.05, 3.63) is 42.5 Å². The molecule has 0 aliphatic carbocycles. The van der Waals surface area contributed by atoms with Gasteiger partial charge in [-0.1, -0.05) is 18.2 Å². The molecular formula is C12H19N3. The third kappa shape index (κ3) is 3.08. The zero-order valence-electron chi connectivity index (χ0n) is 9.40. The van der Waals surface area contributed by atoms with Crippen LogP contribution in [-0.4, -0.2) is 14.1 Å². The van der Waals surface area contributed by atoms with Crippen molar-refractivity contribution in [1.29, 1.82) is 0 Å². The van der Waals surface area contributed by atoms with Gasteiger partial charge in [0.25, 0.3) is 0 Å². The van der Waals surface area contributed by atoms with Gasteiger partial charge in [-0.25, -0.2) is 0 Å². The Kier molecular flexibility index (Phi) is 4.34. The fraction of sp³-hybridized carbons (Fsp3) is 0.333. The van der Waals surface area contributed by atoms with Crippen molar-refractivity contribution in [1.82, 2.24) is 5.43 Å². The monoisotopic (exact) mass is 205 g/mol. The van der Waals surface area contributed by atoms with Gasteiger partial charge in [0.2, 0.25) is 0 Å². The molecule has 0 bridgehead atoms. The molecule has 0 amide bonds. The van der Waals surface area contributed by atoms with Gasteiger partial charge in [0.1, 0.15) is 0 Å². The number of hydrogen-bond acceptors (Lipinski definition) is 3. The summed E-state index contributed by atoms with van der Waals surface area (Å²) < 4.78 is 0. The maximum Gasteiger partial charge on any atom is 0.0495 e. The van der Waals surface area contributed by atoms with E-state index in [1.165, 1.54) is 11.3 Å². The van der Waals surface area contributed by atoms with Crippen molar-refractivity contribution in [2.45, 2.75) is 12.5 Å². The molecule has 0 spiro atoms. The largest absolute Gasteiger partial charge is 0.378 e. The molecule has 0 aliphatic rings. The molecule has 0 heterocycles. The normalized spacial score (nSPS) is 12.2. The van der Waals surface area contributed by atoms with Gasteiger partial charge in [0.05, 0.1) is 0 Å². The molecule has 3 nitrogen and oxygen atoms in total. The van der Waals surface area contributed by atoms with E-state index < -0.39 is 0 Å². The molecule has 1 aromatic carbocycles. The molecule has 0 aromatic heterocycles. The lowest BCUT2D eigenvalue weighted by Gasteiger charge is -2.18. The molecule has 1 rings (SSSR count). The molecule has 0 fully saturated rings. The van der Waals surface area contributed by atoms with Gasteiger partial charge in [-0.05, 0) is 24.1 Å². The zero-order valence-corrected chi connectivity index (χ0v) is 9.40. The van der Waals surface area contributed by atoms with Crippen molar-refractivity contribution < 1.29 is 0 Å². The third-order valence-corrected chi connectivity index (χ3v) is 2.39. The van der Waals surface area contributed by atoms with Crippen LogP contribution in [0.25, 0.3) is 0 Å². The first-order chi connectivity index (χ1) is 7.19. The fourth-order valence-electron chi connectivity index (χ4n) is 1.49. The van der Waals surface area contributed by atoms with E-state index in [0.29, 0.717) is 0 Å². The minimum absolute atomic E-state index is 0.141. The van der Waals surface area contributed by atoms with Gasteiger partial charge in [-0.15, -0.1) is 6.58 Å². The molecule has 15 heavy (non-hydrogen) atoms. The number of anilines is 1. The highest BCUT2D eigenvalue weighted by molar-refractivity contribution is 5.47. The first-order valence-electron chi connectivity index (χ1n) is 5.03. The second-order valence-electron chi connectivity index (χ2n) is 3.73. The van der Waals surface area contributed by atoms with Gasteiger partial charge in [0, 0.05) is 25.8 Å². The van der Waals surface area contributed by atoms with Crippen LogP contribution < -0.4 is 16.2 Å². The molecule has 3 heteroatoms. The molecule has 0 radical (unpaired) electrons. The minimum Gasteiger partial charge on any atom is -0.378 e. The van der Waals surface area contributed by atoms with E-state index in [-0.39, 0.29) is 6.04 Å². The maximum absolute atomic E-state index is 5.51. The van der Waals surface area contributed by atoms with Crippen molar-refractivity contribution in [3.63, 3.8) is 0 Å². The van der Waals surface area contributed by atoms with Gasteiger partial charge in [-0.3, -0.25) is 11.3 Å². The van der Waals surface area contributed by atoms with Crippen LogP contribution >= 0.6 is 0 Å². The summed E-state index contributed by atoms with van der Waals surface area (Å²) in [5.74, 6) is 5.51. The number of rotatable bonds is 5. The van der Waals surface area contributed by atoms with Crippen molar-refractivity contribution >= 4 is 5.69 Å². The summed E-state index contributed by atoms with van der Waals surface area (Å²) in [5, 5.41) is 0. The van der Waals surface area contributed by atoms with Crippen molar-refractivity contribution in [2.24, 2.45) is 5.84 Å². The van der Waals surface area contributed by atoms with Gasteiger partial charge in [0.15, 0.2) is 0 Å². The van der Waals surface area contributed by atoms with Crippen LogP contribution in [0.5, 0.6) is 0 Å². The summed E-state index contributed by atoms with van der Waals surface area (Å²) >= 11 is 0. The summed E-state index contributed by atoms with van der Waals surface area (Å²) in [6.07, 6.45) is 2.69. The summed E-state index contributed by atoms with van der Waals surface area (Å²) in [4.78, 5) is 2.07. The number of hydrazine groups is 1. The third-order valence-electron chi connectivity index (χ3n) is 2.39. The lowest BCUT2D eigenvalue weighted by molar-refractivity contribution is 0.561. The zero-order chi connectivity index (χ0) is 11.3.